The van der Waals surface area contributed by atoms with Crippen molar-refractivity contribution in [3.8, 4) is 6.07 Å². The molecule has 7 heteroatoms. The Balaban J connectivity index is 2.22. The molecule has 2 aromatic rings. The van der Waals surface area contributed by atoms with Gasteiger partial charge in [0.25, 0.3) is 0 Å². The molecule has 104 valence electrons. The molecule has 20 heavy (non-hydrogen) atoms. The fraction of sp³-hybridized carbons (Fsp3) is 0.154. The summed E-state index contributed by atoms with van der Waals surface area (Å²) in [6, 6.07) is 9.77. The third-order valence-electron chi connectivity index (χ3n) is 2.69. The summed E-state index contributed by atoms with van der Waals surface area (Å²) >= 11 is 4.84. The average Bonchev–Trinajstić information content (AvgIpc) is 2.84. The van der Waals surface area contributed by atoms with Gasteiger partial charge in [-0.05, 0) is 46.3 Å². The Kier molecular flexibility index (Phi) is 4.60. The summed E-state index contributed by atoms with van der Waals surface area (Å²) in [6.45, 7) is 0.318. The highest BCUT2D eigenvalue weighted by Gasteiger charge is 2.21. The Morgan fingerprint density at radius 3 is 2.50 bits per heavy atom. The first-order chi connectivity index (χ1) is 9.43. The molecule has 0 unspecified atom stereocenters. The first-order valence-corrected chi connectivity index (χ1v) is 8.74. The predicted octanol–water partition coefficient (Wildman–Crippen LogP) is 3.20. The second-order valence-corrected chi connectivity index (χ2v) is 8.08. The van der Waals surface area contributed by atoms with E-state index >= 15 is 0 Å². The summed E-state index contributed by atoms with van der Waals surface area (Å²) in [5.74, 6) is 0. The number of halogens is 1. The number of nitrogens with zero attached hydrogens (tertiary/aromatic N) is 2. The Bertz CT molecular complexity index is 745. The van der Waals surface area contributed by atoms with Gasteiger partial charge in [-0.2, -0.15) is 9.57 Å². The van der Waals surface area contributed by atoms with Gasteiger partial charge < -0.3 is 0 Å². The number of nitriles is 1. The van der Waals surface area contributed by atoms with Crippen molar-refractivity contribution in [2.75, 3.05) is 7.05 Å². The zero-order valence-corrected chi connectivity index (χ0v) is 13.8. The van der Waals surface area contributed by atoms with Gasteiger partial charge in [0, 0.05) is 28.3 Å². The molecule has 0 saturated heterocycles. The van der Waals surface area contributed by atoms with Crippen LogP contribution in [0.25, 0.3) is 0 Å². The molecule has 0 bridgehead atoms. The molecule has 0 amide bonds. The van der Waals surface area contributed by atoms with E-state index < -0.39 is 10.0 Å². The van der Waals surface area contributed by atoms with Gasteiger partial charge in [-0.15, -0.1) is 11.3 Å². The summed E-state index contributed by atoms with van der Waals surface area (Å²) in [7, 11) is -1.99. The topological polar surface area (TPSA) is 61.2 Å². The zero-order chi connectivity index (χ0) is 14.8. The van der Waals surface area contributed by atoms with Crippen LogP contribution in [0.15, 0.2) is 45.1 Å². The van der Waals surface area contributed by atoms with Crippen molar-refractivity contribution < 1.29 is 8.42 Å². The van der Waals surface area contributed by atoms with Gasteiger partial charge in [0.15, 0.2) is 0 Å². The number of thiophene rings is 1. The number of hydrogen-bond acceptors (Lipinski definition) is 4. The molecule has 0 atom stereocenters. The number of hydrogen-bond donors (Lipinski definition) is 0. The maximum absolute atomic E-state index is 12.4. The number of benzene rings is 1. The average molecular weight is 371 g/mol. The third kappa shape index (κ3) is 3.27. The van der Waals surface area contributed by atoms with E-state index in [0.29, 0.717) is 12.1 Å². The van der Waals surface area contributed by atoms with Crippen LogP contribution in [-0.4, -0.2) is 19.8 Å². The monoisotopic (exact) mass is 370 g/mol. The molecule has 0 fully saturated rings. The van der Waals surface area contributed by atoms with E-state index in [9.17, 15) is 8.42 Å². The van der Waals surface area contributed by atoms with Crippen molar-refractivity contribution in [2.24, 2.45) is 0 Å². The maximum atomic E-state index is 12.4. The zero-order valence-electron chi connectivity index (χ0n) is 10.6. The highest BCUT2D eigenvalue weighted by atomic mass is 79.9. The van der Waals surface area contributed by atoms with Crippen LogP contribution in [0.5, 0.6) is 0 Å². The van der Waals surface area contributed by atoms with E-state index in [1.165, 1.54) is 39.9 Å². The predicted molar refractivity (Wildman–Crippen MR) is 81.8 cm³/mol. The minimum absolute atomic E-state index is 0.189. The lowest BCUT2D eigenvalue weighted by Gasteiger charge is -2.16. The normalized spacial score (nSPS) is 11.5. The summed E-state index contributed by atoms with van der Waals surface area (Å²) in [4.78, 5) is 1.14. The molecule has 0 spiro atoms. The first-order valence-electron chi connectivity index (χ1n) is 5.63. The molecule has 0 N–H and O–H groups in total. The molecule has 4 nitrogen and oxygen atoms in total. The Hall–Kier alpha value is -1.20. The molecule has 1 aromatic carbocycles. The molecule has 0 aliphatic carbocycles. The molecule has 0 aliphatic heterocycles. The van der Waals surface area contributed by atoms with Crippen molar-refractivity contribution in [3.63, 3.8) is 0 Å². The van der Waals surface area contributed by atoms with Crippen LogP contribution in [0.3, 0.4) is 0 Å². The second-order valence-electron chi connectivity index (χ2n) is 4.13. The minimum Gasteiger partial charge on any atom is -0.207 e. The van der Waals surface area contributed by atoms with Gasteiger partial charge in [-0.1, -0.05) is 0 Å². The van der Waals surface area contributed by atoms with Crippen LogP contribution in [0.2, 0.25) is 0 Å². The Labute approximate surface area is 130 Å². The van der Waals surface area contributed by atoms with Gasteiger partial charge in [0.05, 0.1) is 16.5 Å². The molecule has 2 rings (SSSR count). The summed E-state index contributed by atoms with van der Waals surface area (Å²) in [6.07, 6.45) is 0. The Morgan fingerprint density at radius 2 is 2.00 bits per heavy atom. The van der Waals surface area contributed by atoms with E-state index in [4.69, 9.17) is 5.26 Å². The fourth-order valence-electron chi connectivity index (χ4n) is 1.62. The van der Waals surface area contributed by atoms with E-state index in [2.05, 4.69) is 15.9 Å². The molecule has 0 radical (unpaired) electrons. The van der Waals surface area contributed by atoms with E-state index in [0.717, 1.165) is 9.35 Å². The molecule has 0 saturated carbocycles. The van der Waals surface area contributed by atoms with Crippen LogP contribution < -0.4 is 0 Å². The largest absolute Gasteiger partial charge is 0.243 e. The fourth-order valence-corrected chi connectivity index (χ4v) is 4.36. The Morgan fingerprint density at radius 1 is 1.35 bits per heavy atom. The quantitative estimate of drug-likeness (QED) is 0.829. The third-order valence-corrected chi connectivity index (χ3v) is 6.19. The van der Waals surface area contributed by atoms with Crippen LogP contribution in [0.1, 0.15) is 10.4 Å². The van der Waals surface area contributed by atoms with Gasteiger partial charge in [0.1, 0.15) is 0 Å². The van der Waals surface area contributed by atoms with E-state index in [-0.39, 0.29) is 4.90 Å². The van der Waals surface area contributed by atoms with Crippen molar-refractivity contribution in [1.82, 2.24) is 4.31 Å². The van der Waals surface area contributed by atoms with E-state index in [1.54, 1.807) is 7.05 Å². The maximum Gasteiger partial charge on any atom is 0.243 e. The van der Waals surface area contributed by atoms with E-state index in [1.807, 2.05) is 17.5 Å². The smallest absolute Gasteiger partial charge is 0.207 e. The van der Waals surface area contributed by atoms with Crippen molar-refractivity contribution in [2.45, 2.75) is 11.4 Å². The number of sulfonamides is 1. The highest BCUT2D eigenvalue weighted by Crippen LogP contribution is 2.23. The number of rotatable bonds is 4. The van der Waals surface area contributed by atoms with Crippen molar-refractivity contribution in [1.29, 1.82) is 5.26 Å². The molecule has 0 aliphatic rings. The first kappa shape index (κ1) is 15.2. The second kappa shape index (κ2) is 6.06. The van der Waals surface area contributed by atoms with Crippen LogP contribution in [-0.2, 0) is 16.6 Å². The summed E-state index contributed by atoms with van der Waals surface area (Å²) in [5, 5.41) is 10.6. The van der Waals surface area contributed by atoms with Gasteiger partial charge in [-0.25, -0.2) is 8.42 Å². The summed E-state index contributed by atoms with van der Waals surface area (Å²) in [5.41, 5.74) is 0.439. The van der Waals surface area contributed by atoms with Crippen molar-refractivity contribution in [3.05, 3.63) is 50.6 Å². The van der Waals surface area contributed by atoms with Crippen LogP contribution >= 0.6 is 27.3 Å². The summed E-state index contributed by atoms with van der Waals surface area (Å²) < 4.78 is 27.0. The minimum atomic E-state index is -3.54. The molecular weight excluding hydrogens is 360 g/mol. The molecular formula is C13H11BrN2O2S2. The molecule has 1 aromatic heterocycles. The highest BCUT2D eigenvalue weighted by molar-refractivity contribution is 9.10. The SMILES string of the molecule is CN(Cc1cc(Br)cs1)S(=O)(=O)c1ccc(C#N)cc1. The van der Waals surface area contributed by atoms with Gasteiger partial charge >= 0.3 is 0 Å². The lowest BCUT2D eigenvalue weighted by atomic mass is 10.2. The van der Waals surface area contributed by atoms with Crippen LogP contribution in [0.4, 0.5) is 0 Å². The molecule has 1 heterocycles. The van der Waals surface area contributed by atoms with Crippen LogP contribution in [0, 0.1) is 11.3 Å². The lowest BCUT2D eigenvalue weighted by molar-refractivity contribution is 0.469. The van der Waals surface area contributed by atoms with Crippen molar-refractivity contribution >= 4 is 37.3 Å². The lowest BCUT2D eigenvalue weighted by Crippen LogP contribution is -2.26. The van der Waals surface area contributed by atoms with Gasteiger partial charge in [-0.3, -0.25) is 0 Å². The van der Waals surface area contributed by atoms with Gasteiger partial charge in [0.2, 0.25) is 10.0 Å². The standard InChI is InChI=1S/C13H11BrN2O2S2/c1-16(8-12-6-11(14)9-19-12)20(17,18)13-4-2-10(7-15)3-5-13/h2-6,9H,8H2,1H3.